The lowest BCUT2D eigenvalue weighted by Crippen LogP contribution is -2.08. The van der Waals surface area contributed by atoms with E-state index < -0.39 is 19.0 Å². The van der Waals surface area contributed by atoms with Crippen LogP contribution in [0.2, 0.25) is 5.02 Å². The van der Waals surface area contributed by atoms with E-state index in [0.717, 1.165) is 0 Å². The minimum atomic E-state index is -2.99. The van der Waals surface area contributed by atoms with E-state index >= 15 is 0 Å². The fourth-order valence-electron chi connectivity index (χ4n) is 1.20. The molecule has 16 heavy (non-hydrogen) atoms. The van der Waals surface area contributed by atoms with Crippen molar-refractivity contribution in [2.24, 2.45) is 0 Å². The van der Waals surface area contributed by atoms with Gasteiger partial charge in [-0.05, 0) is 24.6 Å². The van der Waals surface area contributed by atoms with Crippen LogP contribution in [0.4, 0.5) is 8.78 Å². The highest BCUT2D eigenvalue weighted by Gasteiger charge is 2.14. The summed E-state index contributed by atoms with van der Waals surface area (Å²) >= 11 is 5.77. The number of hydrogen-bond acceptors (Lipinski definition) is 2. The van der Waals surface area contributed by atoms with Crippen molar-refractivity contribution >= 4 is 17.6 Å². The second kappa shape index (κ2) is 5.12. The molecule has 1 aromatic rings. The first-order chi connectivity index (χ1) is 7.40. The highest BCUT2D eigenvalue weighted by atomic mass is 35.5. The van der Waals surface area contributed by atoms with Crippen LogP contribution in [-0.2, 0) is 11.2 Å². The fraction of sp³-hybridized carbons (Fsp3) is 0.300. The summed E-state index contributed by atoms with van der Waals surface area (Å²) in [5.74, 6) is -1.29. The smallest absolute Gasteiger partial charge is 0.387 e. The van der Waals surface area contributed by atoms with Crippen molar-refractivity contribution in [3.8, 4) is 5.75 Å². The Morgan fingerprint density at radius 2 is 2.19 bits per heavy atom. The number of alkyl halides is 2. The highest BCUT2D eigenvalue weighted by molar-refractivity contribution is 6.31. The van der Waals surface area contributed by atoms with Crippen molar-refractivity contribution < 1.29 is 23.4 Å². The lowest BCUT2D eigenvalue weighted by atomic mass is 10.1. The first kappa shape index (κ1) is 12.7. The molecule has 0 fully saturated rings. The molecule has 0 atom stereocenters. The van der Waals surface area contributed by atoms with Gasteiger partial charge in [0.05, 0.1) is 6.42 Å². The number of halogens is 3. The van der Waals surface area contributed by atoms with Crippen LogP contribution >= 0.6 is 11.6 Å². The molecule has 0 aliphatic rings. The Bertz CT molecular complexity index is 407. The van der Waals surface area contributed by atoms with Crippen molar-refractivity contribution in [1.82, 2.24) is 0 Å². The average Bonchev–Trinajstić information content (AvgIpc) is 2.11. The predicted molar refractivity (Wildman–Crippen MR) is 54.2 cm³/mol. The fourth-order valence-corrected chi connectivity index (χ4v) is 1.39. The van der Waals surface area contributed by atoms with Crippen LogP contribution in [0.25, 0.3) is 0 Å². The Kier molecular flexibility index (Phi) is 4.06. The molecular weight excluding hydrogens is 242 g/mol. The van der Waals surface area contributed by atoms with E-state index in [0.29, 0.717) is 10.6 Å². The van der Waals surface area contributed by atoms with Crippen molar-refractivity contribution in [2.75, 3.05) is 0 Å². The number of rotatable bonds is 4. The monoisotopic (exact) mass is 250 g/mol. The van der Waals surface area contributed by atoms with Gasteiger partial charge in [0, 0.05) is 10.6 Å². The van der Waals surface area contributed by atoms with Gasteiger partial charge in [-0.25, -0.2) is 0 Å². The van der Waals surface area contributed by atoms with Gasteiger partial charge in [0.25, 0.3) is 0 Å². The number of aliphatic carboxylic acids is 1. The molecule has 1 aromatic carbocycles. The molecule has 1 N–H and O–H groups in total. The van der Waals surface area contributed by atoms with Gasteiger partial charge >= 0.3 is 12.6 Å². The van der Waals surface area contributed by atoms with Crippen molar-refractivity contribution in [1.29, 1.82) is 0 Å². The average molecular weight is 251 g/mol. The molecule has 0 amide bonds. The standard InChI is InChI=1S/C10H9ClF2O3/c1-5-2-8(16-10(12)13)6(3-7(5)11)4-9(14)15/h2-3,10H,4H2,1H3,(H,14,15). The number of benzene rings is 1. The molecule has 0 spiro atoms. The summed E-state index contributed by atoms with van der Waals surface area (Å²) in [6, 6.07) is 2.62. The molecule has 3 nitrogen and oxygen atoms in total. The van der Waals surface area contributed by atoms with Crippen LogP contribution < -0.4 is 4.74 Å². The lowest BCUT2D eigenvalue weighted by molar-refractivity contribution is -0.136. The van der Waals surface area contributed by atoms with Gasteiger partial charge in [-0.15, -0.1) is 0 Å². The Labute approximate surface area is 95.6 Å². The summed E-state index contributed by atoms with van der Waals surface area (Å²) < 4.78 is 28.4. The predicted octanol–water partition coefficient (Wildman–Crippen LogP) is 2.88. The Morgan fingerprint density at radius 3 is 2.69 bits per heavy atom. The largest absolute Gasteiger partial charge is 0.481 e. The van der Waals surface area contributed by atoms with Gasteiger partial charge in [-0.2, -0.15) is 8.78 Å². The molecule has 0 saturated heterocycles. The maximum absolute atomic E-state index is 12.1. The van der Waals surface area contributed by atoms with E-state index in [9.17, 15) is 13.6 Å². The van der Waals surface area contributed by atoms with Crippen LogP contribution in [0.5, 0.6) is 5.75 Å². The highest BCUT2D eigenvalue weighted by Crippen LogP contribution is 2.28. The van der Waals surface area contributed by atoms with Crippen LogP contribution in [0, 0.1) is 6.92 Å². The van der Waals surface area contributed by atoms with Gasteiger partial charge in [0.15, 0.2) is 0 Å². The zero-order valence-electron chi connectivity index (χ0n) is 8.34. The number of carboxylic acid groups (broad SMARTS) is 1. The van der Waals surface area contributed by atoms with E-state index in [1.165, 1.54) is 12.1 Å². The number of carbonyl (C=O) groups is 1. The van der Waals surface area contributed by atoms with Crippen LogP contribution in [0.15, 0.2) is 12.1 Å². The SMILES string of the molecule is Cc1cc(OC(F)F)c(CC(=O)O)cc1Cl. The quantitative estimate of drug-likeness (QED) is 0.894. The summed E-state index contributed by atoms with van der Waals surface area (Å²) in [5.41, 5.74) is 0.676. The third-order valence-electron chi connectivity index (χ3n) is 1.90. The zero-order chi connectivity index (χ0) is 12.3. The zero-order valence-corrected chi connectivity index (χ0v) is 9.09. The molecule has 0 aromatic heterocycles. The third kappa shape index (κ3) is 3.34. The molecule has 0 bridgehead atoms. The molecule has 0 unspecified atom stereocenters. The maximum atomic E-state index is 12.1. The number of aryl methyl sites for hydroxylation is 1. The molecule has 1 rings (SSSR count). The molecular formula is C10H9ClF2O3. The van der Waals surface area contributed by atoms with E-state index in [1.807, 2.05) is 0 Å². The molecule has 0 radical (unpaired) electrons. The van der Waals surface area contributed by atoms with Crippen molar-refractivity contribution in [3.63, 3.8) is 0 Å². The van der Waals surface area contributed by atoms with E-state index in [-0.39, 0.29) is 11.3 Å². The van der Waals surface area contributed by atoms with Crippen LogP contribution in [0.1, 0.15) is 11.1 Å². The molecule has 88 valence electrons. The third-order valence-corrected chi connectivity index (χ3v) is 2.31. The molecule has 0 aliphatic heterocycles. The minimum Gasteiger partial charge on any atom is -0.481 e. The van der Waals surface area contributed by atoms with E-state index in [4.69, 9.17) is 16.7 Å². The Morgan fingerprint density at radius 1 is 1.56 bits per heavy atom. The van der Waals surface area contributed by atoms with E-state index in [2.05, 4.69) is 4.74 Å². The summed E-state index contributed by atoms with van der Waals surface area (Å²) in [5, 5.41) is 8.92. The molecule has 0 aliphatic carbocycles. The summed E-state index contributed by atoms with van der Waals surface area (Å²) in [4.78, 5) is 10.5. The van der Waals surface area contributed by atoms with Gasteiger partial charge in [0.2, 0.25) is 0 Å². The second-order valence-corrected chi connectivity index (χ2v) is 3.57. The number of ether oxygens (including phenoxy) is 1. The number of hydrogen-bond donors (Lipinski definition) is 1. The van der Waals surface area contributed by atoms with Crippen molar-refractivity contribution in [3.05, 3.63) is 28.3 Å². The Balaban J connectivity index is 3.11. The van der Waals surface area contributed by atoms with Gasteiger partial charge in [0.1, 0.15) is 5.75 Å². The summed E-state index contributed by atoms with van der Waals surface area (Å²) in [6.45, 7) is -1.38. The van der Waals surface area contributed by atoms with Crippen molar-refractivity contribution in [2.45, 2.75) is 20.0 Å². The summed E-state index contributed by atoms with van der Waals surface area (Å²) in [6.07, 6.45) is -0.415. The minimum absolute atomic E-state index is 0.128. The topological polar surface area (TPSA) is 46.5 Å². The number of carboxylic acids is 1. The van der Waals surface area contributed by atoms with Gasteiger partial charge in [-0.1, -0.05) is 11.6 Å². The van der Waals surface area contributed by atoms with Gasteiger partial charge < -0.3 is 9.84 Å². The van der Waals surface area contributed by atoms with Crippen LogP contribution in [-0.4, -0.2) is 17.7 Å². The van der Waals surface area contributed by atoms with E-state index in [1.54, 1.807) is 6.92 Å². The molecule has 0 heterocycles. The first-order valence-corrected chi connectivity index (χ1v) is 4.73. The summed E-state index contributed by atoms with van der Waals surface area (Å²) in [7, 11) is 0. The lowest BCUT2D eigenvalue weighted by Gasteiger charge is -2.11. The molecule has 6 heteroatoms. The normalized spacial score (nSPS) is 10.6. The van der Waals surface area contributed by atoms with Crippen LogP contribution in [0.3, 0.4) is 0 Å². The molecule has 0 saturated carbocycles. The van der Waals surface area contributed by atoms with Gasteiger partial charge in [-0.3, -0.25) is 4.79 Å². The first-order valence-electron chi connectivity index (χ1n) is 4.35. The Hall–Kier alpha value is -1.36. The second-order valence-electron chi connectivity index (χ2n) is 3.16. The maximum Gasteiger partial charge on any atom is 0.387 e.